The molecule has 176 valence electrons. The van der Waals surface area contributed by atoms with Gasteiger partial charge in [0.15, 0.2) is 0 Å². The Morgan fingerprint density at radius 1 is 1.10 bits per heavy atom. The van der Waals surface area contributed by atoms with Crippen LogP contribution in [0.25, 0.3) is 0 Å². The highest BCUT2D eigenvalue weighted by Gasteiger charge is 2.60. The molecule has 0 bridgehead atoms. The van der Waals surface area contributed by atoms with E-state index in [4.69, 9.17) is 0 Å². The van der Waals surface area contributed by atoms with Gasteiger partial charge in [0, 0.05) is 6.61 Å². The van der Waals surface area contributed by atoms with Gasteiger partial charge < -0.3 is 20.4 Å². The first kappa shape index (κ1) is 23.5. The summed E-state index contributed by atoms with van der Waals surface area (Å²) in [4.78, 5) is 0. The molecule has 0 heterocycles. The van der Waals surface area contributed by atoms with Gasteiger partial charge in [-0.1, -0.05) is 32.1 Å². The smallest absolute Gasteiger partial charge is 0.101 e. The third kappa shape index (κ3) is 3.76. The number of hydrogen-bond donors (Lipinski definition) is 4. The molecule has 0 radical (unpaired) electrons. The molecule has 0 amide bonds. The van der Waals surface area contributed by atoms with Crippen molar-refractivity contribution in [2.45, 2.75) is 96.9 Å². The molecule has 4 aliphatic rings. The zero-order chi connectivity index (χ0) is 22.6. The predicted molar refractivity (Wildman–Crippen MR) is 123 cm³/mol. The number of fused-ring (bicyclic) bond motifs is 5. The number of rotatable bonds is 6. The fourth-order valence-electron chi connectivity index (χ4n) is 8.57. The van der Waals surface area contributed by atoms with Crippen molar-refractivity contribution < 1.29 is 20.4 Å². The van der Waals surface area contributed by atoms with E-state index in [0.29, 0.717) is 36.5 Å². The van der Waals surface area contributed by atoms with Crippen LogP contribution in [0, 0.1) is 40.4 Å². The lowest BCUT2D eigenvalue weighted by Crippen LogP contribution is -2.54. The standard InChI is InChI=1S/C27H44O4/c1-16(2)23(29)10-5-17(15-28)19-8-9-20-18-6-7-22-25(31)24(30)12-14-27(22,4)21(18)11-13-26(19,20)3/h7,17-21,23-25,28-31H,1,5-6,8-15H2,2-4H3/t17-,18-,19+,20-,21-,23?,24?,25?,26+,27+/m0/s1. The summed E-state index contributed by atoms with van der Waals surface area (Å²) in [6.07, 6.45) is 9.51. The van der Waals surface area contributed by atoms with Crippen LogP contribution < -0.4 is 0 Å². The van der Waals surface area contributed by atoms with Crippen molar-refractivity contribution in [2.24, 2.45) is 40.4 Å². The fraction of sp³-hybridized carbons (Fsp3) is 0.852. The summed E-state index contributed by atoms with van der Waals surface area (Å²) < 4.78 is 0. The maximum absolute atomic E-state index is 10.7. The SMILES string of the molecule is C=C(C)C(O)CC[C@@H](CO)[C@H]1CC[C@H]2[C@@H]3CC=C4C(O)C(O)CC[C@]4(C)[C@H]3CC[C@]12C. The van der Waals surface area contributed by atoms with Gasteiger partial charge in [-0.3, -0.25) is 0 Å². The third-order valence-electron chi connectivity index (χ3n) is 10.4. The molecule has 0 spiro atoms. The van der Waals surface area contributed by atoms with Gasteiger partial charge in [0.1, 0.15) is 6.10 Å². The lowest BCUT2D eigenvalue weighted by molar-refractivity contribution is -0.0831. The largest absolute Gasteiger partial charge is 0.396 e. The van der Waals surface area contributed by atoms with E-state index in [1.165, 1.54) is 25.7 Å². The quantitative estimate of drug-likeness (QED) is 0.474. The first-order valence-corrected chi connectivity index (χ1v) is 12.6. The Kier molecular flexibility index (Phi) is 6.51. The van der Waals surface area contributed by atoms with E-state index in [0.717, 1.165) is 30.4 Å². The molecule has 4 nitrogen and oxygen atoms in total. The Morgan fingerprint density at radius 3 is 2.52 bits per heavy atom. The molecule has 3 fully saturated rings. The van der Waals surface area contributed by atoms with E-state index in [2.05, 4.69) is 26.5 Å². The van der Waals surface area contributed by atoms with Crippen molar-refractivity contribution in [2.75, 3.05) is 6.61 Å². The van der Waals surface area contributed by atoms with Gasteiger partial charge in [0.05, 0.1) is 12.2 Å². The van der Waals surface area contributed by atoms with Crippen LogP contribution in [0.15, 0.2) is 23.8 Å². The van der Waals surface area contributed by atoms with E-state index in [1.807, 2.05) is 6.92 Å². The Labute approximate surface area is 188 Å². The second-order valence-electron chi connectivity index (χ2n) is 11.9. The summed E-state index contributed by atoms with van der Waals surface area (Å²) in [7, 11) is 0. The zero-order valence-corrected chi connectivity index (χ0v) is 19.8. The second-order valence-corrected chi connectivity index (χ2v) is 11.9. The number of hydrogen-bond acceptors (Lipinski definition) is 4. The van der Waals surface area contributed by atoms with E-state index >= 15 is 0 Å². The summed E-state index contributed by atoms with van der Waals surface area (Å²) in [5.41, 5.74) is 2.18. The monoisotopic (exact) mass is 432 g/mol. The normalized spacial score (nSPS) is 46.4. The summed E-state index contributed by atoms with van der Waals surface area (Å²) in [6.45, 7) is 10.8. The van der Waals surface area contributed by atoms with Crippen LogP contribution in [0.5, 0.6) is 0 Å². The van der Waals surface area contributed by atoms with E-state index < -0.39 is 18.3 Å². The molecule has 3 saturated carbocycles. The van der Waals surface area contributed by atoms with Crippen LogP contribution in [-0.4, -0.2) is 45.3 Å². The maximum atomic E-state index is 10.7. The lowest BCUT2D eigenvalue weighted by atomic mass is 9.46. The van der Waals surface area contributed by atoms with Crippen molar-refractivity contribution in [3.05, 3.63) is 23.8 Å². The Balaban J connectivity index is 1.53. The number of aliphatic hydroxyl groups excluding tert-OH is 4. The van der Waals surface area contributed by atoms with Gasteiger partial charge in [-0.2, -0.15) is 0 Å². The summed E-state index contributed by atoms with van der Waals surface area (Å²) in [5.74, 6) is 2.65. The van der Waals surface area contributed by atoms with Crippen LogP contribution >= 0.6 is 0 Å². The van der Waals surface area contributed by atoms with Crippen LogP contribution in [0.1, 0.15) is 78.6 Å². The molecule has 0 aliphatic heterocycles. The summed E-state index contributed by atoms with van der Waals surface area (Å²) in [5, 5.41) is 41.4. The average Bonchev–Trinajstić information content (AvgIpc) is 3.08. The highest BCUT2D eigenvalue weighted by atomic mass is 16.3. The summed E-state index contributed by atoms with van der Waals surface area (Å²) >= 11 is 0. The molecule has 0 aromatic rings. The Hall–Kier alpha value is -0.680. The van der Waals surface area contributed by atoms with Crippen LogP contribution in [0.2, 0.25) is 0 Å². The zero-order valence-electron chi connectivity index (χ0n) is 19.8. The Bertz CT molecular complexity index is 716. The Morgan fingerprint density at radius 2 is 1.84 bits per heavy atom. The lowest BCUT2D eigenvalue weighted by Gasteiger charge is -2.59. The highest BCUT2D eigenvalue weighted by molar-refractivity contribution is 5.29. The molecular formula is C27H44O4. The molecular weight excluding hydrogens is 388 g/mol. The number of allylic oxidation sites excluding steroid dienone is 1. The van der Waals surface area contributed by atoms with Gasteiger partial charge in [-0.15, -0.1) is 0 Å². The van der Waals surface area contributed by atoms with Gasteiger partial charge in [-0.25, -0.2) is 0 Å². The minimum atomic E-state index is -0.692. The molecule has 3 unspecified atom stereocenters. The topological polar surface area (TPSA) is 80.9 Å². The molecule has 4 aliphatic carbocycles. The molecule has 4 N–H and O–H groups in total. The van der Waals surface area contributed by atoms with Gasteiger partial charge in [-0.05, 0) is 111 Å². The molecule has 0 aromatic carbocycles. The van der Waals surface area contributed by atoms with E-state index in [1.54, 1.807) is 0 Å². The predicted octanol–water partition coefficient (Wildman–Crippen LogP) is 4.22. The minimum Gasteiger partial charge on any atom is -0.396 e. The van der Waals surface area contributed by atoms with Crippen LogP contribution in [0.3, 0.4) is 0 Å². The number of aliphatic hydroxyl groups is 4. The van der Waals surface area contributed by atoms with Crippen molar-refractivity contribution in [1.82, 2.24) is 0 Å². The molecule has 31 heavy (non-hydrogen) atoms. The molecule has 0 saturated heterocycles. The first-order chi connectivity index (χ1) is 14.6. The van der Waals surface area contributed by atoms with Crippen molar-refractivity contribution >= 4 is 0 Å². The van der Waals surface area contributed by atoms with Crippen molar-refractivity contribution in [3.8, 4) is 0 Å². The second kappa shape index (κ2) is 8.59. The van der Waals surface area contributed by atoms with Crippen molar-refractivity contribution in [3.63, 3.8) is 0 Å². The van der Waals surface area contributed by atoms with E-state index in [9.17, 15) is 20.4 Å². The molecule has 0 aromatic heterocycles. The third-order valence-corrected chi connectivity index (χ3v) is 10.4. The first-order valence-electron chi connectivity index (χ1n) is 12.6. The van der Waals surface area contributed by atoms with Crippen LogP contribution in [-0.2, 0) is 0 Å². The van der Waals surface area contributed by atoms with E-state index in [-0.39, 0.29) is 23.4 Å². The fourth-order valence-corrected chi connectivity index (χ4v) is 8.57. The molecule has 10 atom stereocenters. The molecule has 4 heteroatoms. The van der Waals surface area contributed by atoms with Gasteiger partial charge in [0.25, 0.3) is 0 Å². The van der Waals surface area contributed by atoms with Crippen molar-refractivity contribution in [1.29, 1.82) is 0 Å². The molecule has 4 rings (SSSR count). The highest BCUT2D eigenvalue weighted by Crippen LogP contribution is 2.67. The summed E-state index contributed by atoms with van der Waals surface area (Å²) in [6, 6.07) is 0. The average molecular weight is 433 g/mol. The maximum Gasteiger partial charge on any atom is 0.101 e. The minimum absolute atomic E-state index is 0.0168. The van der Waals surface area contributed by atoms with Gasteiger partial charge >= 0.3 is 0 Å². The van der Waals surface area contributed by atoms with Crippen LogP contribution in [0.4, 0.5) is 0 Å². The van der Waals surface area contributed by atoms with Gasteiger partial charge in [0.2, 0.25) is 0 Å².